The standard InChI is InChI=1S/C11H9N3S2/c12-11-10-8(7-4-5-15-6-7)2-1-3-9(10)13-16-14-11/h1-6,13H,(H2,12,14). The molecule has 0 aliphatic carbocycles. The van der Waals surface area contributed by atoms with Crippen molar-refractivity contribution in [2.75, 3.05) is 4.72 Å². The first-order chi connectivity index (χ1) is 7.86. The lowest BCUT2D eigenvalue weighted by Gasteiger charge is -2.17. The van der Waals surface area contributed by atoms with Gasteiger partial charge in [-0.05, 0) is 34.0 Å². The minimum atomic E-state index is 0.584. The number of benzene rings is 1. The Hall–Kier alpha value is -1.46. The van der Waals surface area contributed by atoms with E-state index in [0.717, 1.165) is 16.8 Å². The van der Waals surface area contributed by atoms with E-state index in [1.54, 1.807) is 11.3 Å². The van der Waals surface area contributed by atoms with Crippen molar-refractivity contribution in [2.45, 2.75) is 0 Å². The molecule has 0 spiro atoms. The fourth-order valence-electron chi connectivity index (χ4n) is 1.74. The molecule has 2 heterocycles. The maximum absolute atomic E-state index is 5.95. The summed E-state index contributed by atoms with van der Waals surface area (Å²) < 4.78 is 7.29. The largest absolute Gasteiger partial charge is 0.383 e. The number of hydrogen-bond donors (Lipinski definition) is 2. The van der Waals surface area contributed by atoms with Crippen molar-refractivity contribution >= 4 is 35.0 Å². The van der Waals surface area contributed by atoms with Gasteiger partial charge in [-0.25, -0.2) is 0 Å². The van der Waals surface area contributed by atoms with E-state index in [1.807, 2.05) is 12.1 Å². The molecule has 0 fully saturated rings. The second-order valence-corrected chi connectivity index (χ2v) is 4.76. The molecule has 1 aliphatic heterocycles. The number of hydrogen-bond acceptors (Lipinski definition) is 5. The van der Waals surface area contributed by atoms with Crippen LogP contribution in [0.2, 0.25) is 0 Å². The second-order valence-electron chi connectivity index (χ2n) is 3.41. The summed E-state index contributed by atoms with van der Waals surface area (Å²) in [6.07, 6.45) is 0. The van der Waals surface area contributed by atoms with E-state index < -0.39 is 0 Å². The van der Waals surface area contributed by atoms with Crippen LogP contribution in [-0.4, -0.2) is 5.84 Å². The first kappa shape index (κ1) is 9.74. The topological polar surface area (TPSA) is 50.4 Å². The van der Waals surface area contributed by atoms with Crippen LogP contribution in [0.15, 0.2) is 39.4 Å². The highest BCUT2D eigenvalue weighted by Gasteiger charge is 2.17. The number of anilines is 1. The Morgan fingerprint density at radius 3 is 3.00 bits per heavy atom. The highest BCUT2D eigenvalue weighted by atomic mass is 32.2. The van der Waals surface area contributed by atoms with Crippen molar-refractivity contribution in [2.24, 2.45) is 10.1 Å². The van der Waals surface area contributed by atoms with E-state index in [9.17, 15) is 0 Å². The van der Waals surface area contributed by atoms with Gasteiger partial charge in [-0.15, -0.1) is 0 Å². The summed E-state index contributed by atoms with van der Waals surface area (Å²) in [7, 11) is 0. The molecule has 0 saturated heterocycles. The van der Waals surface area contributed by atoms with Gasteiger partial charge >= 0.3 is 0 Å². The van der Waals surface area contributed by atoms with Crippen molar-refractivity contribution in [3.05, 3.63) is 40.6 Å². The van der Waals surface area contributed by atoms with E-state index >= 15 is 0 Å². The third-order valence-corrected chi connectivity index (χ3v) is 3.73. The lowest BCUT2D eigenvalue weighted by Crippen LogP contribution is -2.18. The predicted octanol–water partition coefficient (Wildman–Crippen LogP) is 3.11. The van der Waals surface area contributed by atoms with Crippen molar-refractivity contribution in [1.29, 1.82) is 0 Å². The van der Waals surface area contributed by atoms with Gasteiger partial charge in [0.05, 0.1) is 17.8 Å². The number of rotatable bonds is 1. The fourth-order valence-corrected chi connectivity index (χ4v) is 2.90. The van der Waals surface area contributed by atoms with E-state index in [0.29, 0.717) is 5.84 Å². The van der Waals surface area contributed by atoms with Gasteiger partial charge in [0.15, 0.2) is 0 Å². The number of amidine groups is 1. The van der Waals surface area contributed by atoms with Gasteiger partial charge in [-0.2, -0.15) is 15.7 Å². The molecule has 0 atom stereocenters. The minimum Gasteiger partial charge on any atom is -0.383 e. The number of fused-ring (bicyclic) bond motifs is 1. The lowest BCUT2D eigenvalue weighted by atomic mass is 10.00. The third kappa shape index (κ3) is 1.48. The Morgan fingerprint density at radius 2 is 2.19 bits per heavy atom. The molecule has 0 saturated carbocycles. The van der Waals surface area contributed by atoms with Crippen LogP contribution in [0, 0.1) is 0 Å². The van der Waals surface area contributed by atoms with Gasteiger partial charge < -0.3 is 10.5 Å². The number of nitrogens with two attached hydrogens (primary N) is 1. The maximum atomic E-state index is 5.95. The molecular weight excluding hydrogens is 238 g/mol. The van der Waals surface area contributed by atoms with Gasteiger partial charge in [0.25, 0.3) is 0 Å². The van der Waals surface area contributed by atoms with Gasteiger partial charge in [-0.1, -0.05) is 12.1 Å². The van der Waals surface area contributed by atoms with Crippen molar-refractivity contribution < 1.29 is 0 Å². The molecule has 0 bridgehead atoms. The van der Waals surface area contributed by atoms with Crippen LogP contribution >= 0.6 is 23.5 Å². The summed E-state index contributed by atoms with van der Waals surface area (Å²) in [5.74, 6) is 0.584. The monoisotopic (exact) mass is 247 g/mol. The van der Waals surface area contributed by atoms with Crippen LogP contribution in [0.5, 0.6) is 0 Å². The molecule has 3 N–H and O–H groups in total. The van der Waals surface area contributed by atoms with Crippen molar-refractivity contribution in [3.8, 4) is 11.1 Å². The van der Waals surface area contributed by atoms with E-state index in [2.05, 4.69) is 32.0 Å². The smallest absolute Gasteiger partial charge is 0.143 e. The molecule has 80 valence electrons. The summed E-state index contributed by atoms with van der Waals surface area (Å²) in [4.78, 5) is 0. The van der Waals surface area contributed by atoms with Crippen LogP contribution in [0.1, 0.15) is 5.56 Å². The van der Waals surface area contributed by atoms with Gasteiger partial charge in [0.2, 0.25) is 0 Å². The summed E-state index contributed by atoms with van der Waals surface area (Å²) in [6.45, 7) is 0. The third-order valence-electron chi connectivity index (χ3n) is 2.45. The van der Waals surface area contributed by atoms with E-state index in [-0.39, 0.29) is 0 Å². The zero-order chi connectivity index (χ0) is 11.0. The van der Waals surface area contributed by atoms with Crippen LogP contribution in [0.25, 0.3) is 11.1 Å². The first-order valence-corrected chi connectivity index (χ1v) is 6.49. The zero-order valence-electron chi connectivity index (χ0n) is 8.31. The van der Waals surface area contributed by atoms with Crippen LogP contribution < -0.4 is 10.5 Å². The number of nitrogens with one attached hydrogen (secondary N) is 1. The SMILES string of the molecule is NC1=NSNc2cccc(-c3ccsc3)c21. The highest BCUT2D eigenvalue weighted by molar-refractivity contribution is 7.99. The minimum absolute atomic E-state index is 0.584. The average molecular weight is 247 g/mol. The molecule has 0 radical (unpaired) electrons. The molecule has 1 aromatic carbocycles. The zero-order valence-corrected chi connectivity index (χ0v) is 9.94. The quantitative estimate of drug-likeness (QED) is 0.761. The van der Waals surface area contributed by atoms with Crippen molar-refractivity contribution in [3.63, 3.8) is 0 Å². The molecule has 2 aromatic rings. The Labute approximate surface area is 102 Å². The first-order valence-electron chi connectivity index (χ1n) is 4.78. The van der Waals surface area contributed by atoms with Gasteiger partial charge in [0.1, 0.15) is 5.84 Å². The summed E-state index contributed by atoms with van der Waals surface area (Å²) in [5.41, 5.74) is 10.3. The summed E-state index contributed by atoms with van der Waals surface area (Å²) >= 11 is 2.95. The number of thiophene rings is 1. The predicted molar refractivity (Wildman–Crippen MR) is 71.7 cm³/mol. The van der Waals surface area contributed by atoms with Gasteiger partial charge in [-0.3, -0.25) is 0 Å². The molecule has 0 unspecified atom stereocenters. The normalized spacial score (nSPS) is 13.9. The van der Waals surface area contributed by atoms with Crippen LogP contribution in [-0.2, 0) is 0 Å². The Morgan fingerprint density at radius 1 is 1.25 bits per heavy atom. The lowest BCUT2D eigenvalue weighted by molar-refractivity contribution is 1.52. The van der Waals surface area contributed by atoms with Crippen LogP contribution in [0.4, 0.5) is 5.69 Å². The number of nitrogens with zero attached hydrogens (tertiary/aromatic N) is 1. The Bertz CT molecular complexity index is 546. The highest BCUT2D eigenvalue weighted by Crippen LogP contribution is 2.34. The van der Waals surface area contributed by atoms with E-state index in [4.69, 9.17) is 5.73 Å². The fraction of sp³-hybridized carbons (Fsp3) is 0. The molecule has 1 aliphatic rings. The van der Waals surface area contributed by atoms with Crippen molar-refractivity contribution in [1.82, 2.24) is 0 Å². The van der Waals surface area contributed by atoms with Crippen LogP contribution in [0.3, 0.4) is 0 Å². The molecule has 0 amide bonds. The maximum Gasteiger partial charge on any atom is 0.143 e. The summed E-state index contributed by atoms with van der Waals surface area (Å²) in [6, 6.07) is 8.20. The van der Waals surface area contributed by atoms with Gasteiger partial charge in [0, 0.05) is 5.56 Å². The Kier molecular flexibility index (Phi) is 2.34. The molecule has 3 rings (SSSR count). The average Bonchev–Trinajstić information content (AvgIpc) is 2.82. The molecule has 16 heavy (non-hydrogen) atoms. The second kappa shape index (κ2) is 3.84. The molecular formula is C11H9N3S2. The van der Waals surface area contributed by atoms with E-state index in [1.165, 1.54) is 17.7 Å². The molecule has 5 heteroatoms. The molecule has 3 nitrogen and oxygen atoms in total. The summed E-state index contributed by atoms with van der Waals surface area (Å²) in [5, 5.41) is 4.18. The Balaban J connectivity index is 2.25. The molecule has 1 aromatic heterocycles.